The summed E-state index contributed by atoms with van der Waals surface area (Å²) in [6.45, 7) is 5.08. The lowest BCUT2D eigenvalue weighted by molar-refractivity contribution is -0.120. The minimum Gasteiger partial charge on any atom is -0.361 e. The van der Waals surface area contributed by atoms with E-state index in [1.54, 1.807) is 0 Å². The fourth-order valence-electron chi connectivity index (χ4n) is 2.58. The maximum atomic E-state index is 12.1. The first kappa shape index (κ1) is 14.6. The van der Waals surface area contributed by atoms with Crippen LogP contribution < -0.4 is 10.2 Å². The van der Waals surface area contributed by atoms with Crippen molar-refractivity contribution in [3.05, 3.63) is 29.8 Å². The van der Waals surface area contributed by atoms with Crippen LogP contribution in [-0.4, -0.2) is 30.8 Å². The molecule has 0 atom stereocenters. The van der Waals surface area contributed by atoms with Gasteiger partial charge in [-0.25, -0.2) is 0 Å². The van der Waals surface area contributed by atoms with Crippen LogP contribution in [0.2, 0.25) is 0 Å². The fourth-order valence-corrected chi connectivity index (χ4v) is 2.58. The molecule has 1 aliphatic heterocycles. The molecule has 108 valence electrons. The SMILES string of the molecule is CCC(CC)NC(=O)CN1CCC(=O)c2ccccc21. The quantitative estimate of drug-likeness (QED) is 0.897. The molecule has 0 saturated carbocycles. The molecule has 0 saturated heterocycles. The van der Waals surface area contributed by atoms with Gasteiger partial charge in [0.15, 0.2) is 5.78 Å². The zero-order valence-electron chi connectivity index (χ0n) is 12.2. The number of hydrogen-bond donors (Lipinski definition) is 1. The van der Waals surface area contributed by atoms with Gasteiger partial charge in [0, 0.05) is 30.3 Å². The fraction of sp³-hybridized carbons (Fsp3) is 0.500. The molecule has 0 bridgehead atoms. The van der Waals surface area contributed by atoms with Crippen molar-refractivity contribution in [1.29, 1.82) is 0 Å². The van der Waals surface area contributed by atoms with Gasteiger partial charge in [-0.2, -0.15) is 0 Å². The Morgan fingerprint density at radius 3 is 2.70 bits per heavy atom. The molecule has 1 heterocycles. The third-order valence-electron chi connectivity index (χ3n) is 3.84. The number of ketones is 1. The Bertz CT molecular complexity index is 495. The number of amides is 1. The summed E-state index contributed by atoms with van der Waals surface area (Å²) >= 11 is 0. The number of anilines is 1. The van der Waals surface area contributed by atoms with Crippen LogP contribution in [0.5, 0.6) is 0 Å². The van der Waals surface area contributed by atoms with Crippen LogP contribution in [0.1, 0.15) is 43.5 Å². The summed E-state index contributed by atoms with van der Waals surface area (Å²) in [5.41, 5.74) is 1.61. The van der Waals surface area contributed by atoms with Gasteiger partial charge in [-0.15, -0.1) is 0 Å². The van der Waals surface area contributed by atoms with Gasteiger partial charge in [-0.05, 0) is 25.0 Å². The molecule has 0 radical (unpaired) electrons. The molecule has 1 aliphatic rings. The highest BCUT2D eigenvalue weighted by Crippen LogP contribution is 2.26. The van der Waals surface area contributed by atoms with Gasteiger partial charge >= 0.3 is 0 Å². The number of carbonyl (C=O) groups excluding carboxylic acids is 2. The lowest BCUT2D eigenvalue weighted by atomic mass is 10.0. The van der Waals surface area contributed by atoms with Crippen LogP contribution in [0.25, 0.3) is 0 Å². The van der Waals surface area contributed by atoms with Crippen LogP contribution in [0, 0.1) is 0 Å². The average Bonchev–Trinajstić information content (AvgIpc) is 2.48. The first-order chi connectivity index (χ1) is 9.65. The van der Waals surface area contributed by atoms with E-state index >= 15 is 0 Å². The van der Waals surface area contributed by atoms with E-state index in [2.05, 4.69) is 19.2 Å². The van der Waals surface area contributed by atoms with Crippen molar-refractivity contribution in [2.24, 2.45) is 0 Å². The van der Waals surface area contributed by atoms with E-state index in [9.17, 15) is 9.59 Å². The molecule has 0 spiro atoms. The summed E-state index contributed by atoms with van der Waals surface area (Å²) in [5.74, 6) is 0.195. The van der Waals surface area contributed by atoms with E-state index in [0.29, 0.717) is 19.5 Å². The molecule has 2 rings (SSSR count). The number of Topliss-reactive ketones (excluding diaryl/α,β-unsaturated/α-hetero) is 1. The van der Waals surface area contributed by atoms with Crippen LogP contribution >= 0.6 is 0 Å². The third-order valence-corrected chi connectivity index (χ3v) is 3.84. The molecule has 0 aromatic heterocycles. The molecule has 4 nitrogen and oxygen atoms in total. The van der Waals surface area contributed by atoms with E-state index in [-0.39, 0.29) is 17.7 Å². The van der Waals surface area contributed by atoms with Gasteiger partial charge < -0.3 is 10.2 Å². The smallest absolute Gasteiger partial charge is 0.239 e. The molecule has 0 unspecified atom stereocenters. The Kier molecular flexibility index (Phi) is 4.77. The Balaban J connectivity index is 2.06. The lowest BCUT2D eigenvalue weighted by Crippen LogP contribution is -2.44. The summed E-state index contributed by atoms with van der Waals surface area (Å²) in [6, 6.07) is 7.76. The van der Waals surface area contributed by atoms with E-state index in [0.717, 1.165) is 24.1 Å². The van der Waals surface area contributed by atoms with Gasteiger partial charge in [0.2, 0.25) is 5.91 Å². The van der Waals surface area contributed by atoms with Crippen LogP contribution in [0.4, 0.5) is 5.69 Å². The number of nitrogens with one attached hydrogen (secondary N) is 1. The number of rotatable bonds is 5. The van der Waals surface area contributed by atoms with Crippen LogP contribution in [-0.2, 0) is 4.79 Å². The lowest BCUT2D eigenvalue weighted by Gasteiger charge is -2.30. The van der Waals surface area contributed by atoms with Crippen molar-refractivity contribution in [1.82, 2.24) is 5.32 Å². The maximum Gasteiger partial charge on any atom is 0.239 e. The first-order valence-corrected chi connectivity index (χ1v) is 7.32. The maximum absolute atomic E-state index is 12.1. The third kappa shape index (κ3) is 3.18. The second-order valence-corrected chi connectivity index (χ2v) is 5.19. The first-order valence-electron chi connectivity index (χ1n) is 7.32. The summed E-state index contributed by atoms with van der Waals surface area (Å²) < 4.78 is 0. The number of hydrogen-bond acceptors (Lipinski definition) is 3. The largest absolute Gasteiger partial charge is 0.361 e. The highest BCUT2D eigenvalue weighted by atomic mass is 16.2. The zero-order valence-corrected chi connectivity index (χ0v) is 12.2. The Labute approximate surface area is 120 Å². The number of benzene rings is 1. The van der Waals surface area contributed by atoms with Gasteiger partial charge in [0.25, 0.3) is 0 Å². The van der Waals surface area contributed by atoms with Gasteiger partial charge in [-0.1, -0.05) is 26.0 Å². The summed E-state index contributed by atoms with van der Waals surface area (Å²) in [7, 11) is 0. The molecule has 0 aliphatic carbocycles. The predicted molar refractivity (Wildman–Crippen MR) is 80.1 cm³/mol. The van der Waals surface area contributed by atoms with E-state index in [1.807, 2.05) is 29.2 Å². The minimum absolute atomic E-state index is 0.0304. The molecule has 1 N–H and O–H groups in total. The topological polar surface area (TPSA) is 49.4 Å². The van der Waals surface area contributed by atoms with Crippen LogP contribution in [0.15, 0.2) is 24.3 Å². The summed E-state index contributed by atoms with van der Waals surface area (Å²) in [4.78, 5) is 25.9. The van der Waals surface area contributed by atoms with Crippen LogP contribution in [0.3, 0.4) is 0 Å². The number of nitrogens with zero attached hydrogens (tertiary/aromatic N) is 1. The van der Waals surface area contributed by atoms with Crippen molar-refractivity contribution < 1.29 is 9.59 Å². The number of fused-ring (bicyclic) bond motifs is 1. The highest BCUT2D eigenvalue weighted by molar-refractivity contribution is 6.04. The molecule has 20 heavy (non-hydrogen) atoms. The van der Waals surface area contributed by atoms with E-state index < -0.39 is 0 Å². The minimum atomic E-state index is 0.0304. The van der Waals surface area contributed by atoms with Crippen molar-refractivity contribution >= 4 is 17.4 Å². The van der Waals surface area contributed by atoms with E-state index in [4.69, 9.17) is 0 Å². The molecule has 1 aromatic carbocycles. The summed E-state index contributed by atoms with van der Waals surface area (Å²) in [5, 5.41) is 3.04. The molecule has 1 aromatic rings. The number of para-hydroxylation sites is 1. The predicted octanol–water partition coefficient (Wildman–Crippen LogP) is 2.38. The molecular formula is C16H22N2O2. The molecular weight excluding hydrogens is 252 g/mol. The second kappa shape index (κ2) is 6.55. The average molecular weight is 274 g/mol. The van der Waals surface area contributed by atoms with Gasteiger partial charge in [0.1, 0.15) is 0 Å². The summed E-state index contributed by atoms with van der Waals surface area (Å²) in [6.07, 6.45) is 2.36. The Morgan fingerprint density at radius 2 is 2.00 bits per heavy atom. The van der Waals surface area contributed by atoms with Crippen molar-refractivity contribution in [2.75, 3.05) is 18.0 Å². The van der Waals surface area contributed by atoms with Gasteiger partial charge in [-0.3, -0.25) is 9.59 Å². The Morgan fingerprint density at radius 1 is 1.30 bits per heavy atom. The van der Waals surface area contributed by atoms with E-state index in [1.165, 1.54) is 0 Å². The second-order valence-electron chi connectivity index (χ2n) is 5.19. The number of carbonyl (C=O) groups is 2. The standard InChI is InChI=1S/C16H22N2O2/c1-3-12(4-2)17-16(20)11-18-10-9-15(19)13-7-5-6-8-14(13)18/h5-8,12H,3-4,9-11H2,1-2H3,(H,17,20). The van der Waals surface area contributed by atoms with Crippen molar-refractivity contribution in [2.45, 2.75) is 39.2 Å². The zero-order chi connectivity index (χ0) is 14.5. The Hall–Kier alpha value is -1.84. The van der Waals surface area contributed by atoms with Crippen molar-refractivity contribution in [3.8, 4) is 0 Å². The van der Waals surface area contributed by atoms with Gasteiger partial charge in [0.05, 0.1) is 6.54 Å². The monoisotopic (exact) mass is 274 g/mol. The molecule has 4 heteroatoms. The van der Waals surface area contributed by atoms with Crippen molar-refractivity contribution in [3.63, 3.8) is 0 Å². The normalized spacial score (nSPS) is 14.3. The highest BCUT2D eigenvalue weighted by Gasteiger charge is 2.24. The molecule has 0 fully saturated rings. The molecule has 1 amide bonds.